The fraction of sp³-hybridized carbons (Fsp3) is 0.220. The molecule has 0 aliphatic carbocycles. The average molecular weight is 690 g/mol. The summed E-state index contributed by atoms with van der Waals surface area (Å²) in [7, 11) is -4.23. The number of amides is 2. The van der Waals surface area contributed by atoms with Crippen LogP contribution in [-0.2, 0) is 32.6 Å². The van der Waals surface area contributed by atoms with Gasteiger partial charge in [0.25, 0.3) is 10.0 Å². The lowest BCUT2D eigenvalue weighted by Crippen LogP contribution is -2.54. The third-order valence-electron chi connectivity index (χ3n) is 8.17. The van der Waals surface area contributed by atoms with Crippen LogP contribution in [0.2, 0.25) is 0 Å². The molecule has 1 atom stereocenters. The van der Waals surface area contributed by atoms with E-state index in [1.54, 1.807) is 36.4 Å². The highest BCUT2D eigenvalue weighted by Crippen LogP contribution is 2.29. The molecule has 5 rings (SSSR count). The van der Waals surface area contributed by atoms with Crippen LogP contribution in [0, 0.1) is 13.8 Å². The van der Waals surface area contributed by atoms with Gasteiger partial charge in [-0.25, -0.2) is 8.42 Å². The number of carbonyl (C=O) groups is 2. The van der Waals surface area contributed by atoms with Crippen LogP contribution >= 0.6 is 0 Å². The zero-order valence-electron chi connectivity index (χ0n) is 28.8. The van der Waals surface area contributed by atoms with Crippen LogP contribution in [0.4, 0.5) is 5.69 Å². The first-order chi connectivity index (χ1) is 24.0. The molecule has 0 saturated heterocycles. The van der Waals surface area contributed by atoms with E-state index in [9.17, 15) is 18.0 Å². The maximum atomic E-state index is 14.7. The number of nitrogens with one attached hydrogen (secondary N) is 1. The van der Waals surface area contributed by atoms with E-state index in [0.29, 0.717) is 11.5 Å². The number of aryl methyl sites for hydroxylation is 2. The van der Waals surface area contributed by atoms with E-state index in [0.717, 1.165) is 26.6 Å². The van der Waals surface area contributed by atoms with Crippen LogP contribution in [0.5, 0.6) is 11.5 Å². The smallest absolute Gasteiger partial charge is 0.264 e. The molecule has 5 aromatic rings. The summed E-state index contributed by atoms with van der Waals surface area (Å²) in [6.45, 7) is 7.15. The van der Waals surface area contributed by atoms with Gasteiger partial charge in [-0.15, -0.1) is 0 Å². The molecule has 0 fully saturated rings. The second kappa shape index (κ2) is 16.3. The predicted octanol–water partition coefficient (Wildman–Crippen LogP) is 7.46. The Bertz CT molecular complexity index is 1970. The largest absolute Gasteiger partial charge is 0.457 e. The maximum absolute atomic E-state index is 14.7. The van der Waals surface area contributed by atoms with E-state index < -0.39 is 28.5 Å². The van der Waals surface area contributed by atoms with E-state index in [1.807, 2.05) is 113 Å². The zero-order valence-corrected chi connectivity index (χ0v) is 29.6. The van der Waals surface area contributed by atoms with Gasteiger partial charge in [0, 0.05) is 19.0 Å². The molecule has 0 aliphatic rings. The van der Waals surface area contributed by atoms with E-state index in [4.69, 9.17) is 4.74 Å². The SMILES string of the molecule is Cc1ccc(CN(C(=O)CN(c2ccc(Oc3ccccc3)cc2)S(=O)(=O)c2ccc(C)cc2)[C@@H](Cc2ccccc2)C(=O)NC(C)C)cc1. The summed E-state index contributed by atoms with van der Waals surface area (Å²) in [5.74, 6) is 0.300. The molecular formula is C41H43N3O5S. The molecule has 0 heterocycles. The average Bonchev–Trinajstić information content (AvgIpc) is 3.10. The Hall–Kier alpha value is -5.41. The van der Waals surface area contributed by atoms with Crippen molar-refractivity contribution in [3.8, 4) is 11.5 Å². The third kappa shape index (κ3) is 9.39. The first-order valence-corrected chi connectivity index (χ1v) is 18.1. The van der Waals surface area contributed by atoms with Crippen molar-refractivity contribution in [3.63, 3.8) is 0 Å². The summed E-state index contributed by atoms with van der Waals surface area (Å²) < 4.78 is 35.8. The van der Waals surface area contributed by atoms with E-state index in [-0.39, 0.29) is 35.5 Å². The van der Waals surface area contributed by atoms with E-state index >= 15 is 0 Å². The highest BCUT2D eigenvalue weighted by Gasteiger charge is 2.35. The Morgan fingerprint density at radius 1 is 0.680 bits per heavy atom. The van der Waals surface area contributed by atoms with Crippen molar-refractivity contribution in [2.75, 3.05) is 10.8 Å². The minimum absolute atomic E-state index is 0.0454. The first-order valence-electron chi connectivity index (χ1n) is 16.6. The third-order valence-corrected chi connectivity index (χ3v) is 9.96. The van der Waals surface area contributed by atoms with Crippen LogP contribution in [0.1, 0.15) is 36.1 Å². The Balaban J connectivity index is 1.55. The predicted molar refractivity (Wildman–Crippen MR) is 198 cm³/mol. The molecule has 258 valence electrons. The van der Waals surface area contributed by atoms with Crippen molar-refractivity contribution in [1.29, 1.82) is 0 Å². The van der Waals surface area contributed by atoms with Crippen molar-refractivity contribution < 1.29 is 22.7 Å². The molecule has 0 bridgehead atoms. The molecular weight excluding hydrogens is 647 g/mol. The number of anilines is 1. The molecule has 0 radical (unpaired) electrons. The normalized spacial score (nSPS) is 11.9. The lowest BCUT2D eigenvalue weighted by molar-refractivity contribution is -0.140. The monoisotopic (exact) mass is 689 g/mol. The Kier molecular flexibility index (Phi) is 11.7. The molecule has 2 amide bonds. The zero-order chi connectivity index (χ0) is 35.7. The second-order valence-corrected chi connectivity index (χ2v) is 14.5. The van der Waals surface area contributed by atoms with Crippen molar-refractivity contribution in [2.24, 2.45) is 0 Å². The van der Waals surface area contributed by atoms with Gasteiger partial charge >= 0.3 is 0 Å². The fourth-order valence-corrected chi connectivity index (χ4v) is 6.91. The molecule has 0 saturated carbocycles. The number of rotatable bonds is 14. The molecule has 0 aliphatic heterocycles. The summed E-state index contributed by atoms with van der Waals surface area (Å²) in [4.78, 5) is 30.1. The summed E-state index contributed by atoms with van der Waals surface area (Å²) in [6.07, 6.45) is 0.243. The standard InChI is InChI=1S/C41H43N3O5S/c1-30(2)42-41(46)39(27-33-11-7-5-8-12-33)43(28-34-19-15-31(3)16-20-34)40(45)29-44(50(47,48)38-25-17-32(4)18-26-38)35-21-23-37(24-22-35)49-36-13-9-6-10-14-36/h5-26,30,39H,27-29H2,1-4H3,(H,42,46)/t39-/m0/s1. The van der Waals surface area contributed by atoms with Gasteiger partial charge in [0.2, 0.25) is 11.8 Å². The molecule has 50 heavy (non-hydrogen) atoms. The molecule has 0 aromatic heterocycles. The number of nitrogens with zero attached hydrogens (tertiary/aromatic N) is 2. The van der Waals surface area contributed by atoms with Gasteiger partial charge in [0.1, 0.15) is 24.1 Å². The minimum Gasteiger partial charge on any atom is -0.457 e. The van der Waals surface area contributed by atoms with Gasteiger partial charge in [-0.2, -0.15) is 0 Å². The number of carbonyl (C=O) groups excluding carboxylic acids is 2. The van der Waals surface area contributed by atoms with Crippen LogP contribution < -0.4 is 14.4 Å². The second-order valence-electron chi connectivity index (χ2n) is 12.6. The summed E-state index contributed by atoms with van der Waals surface area (Å²) in [5.41, 5.74) is 3.92. The van der Waals surface area contributed by atoms with Crippen LogP contribution in [-0.4, -0.2) is 43.8 Å². The van der Waals surface area contributed by atoms with Crippen molar-refractivity contribution in [2.45, 2.75) is 57.6 Å². The minimum atomic E-state index is -4.23. The summed E-state index contributed by atoms with van der Waals surface area (Å²) in [5, 5.41) is 2.99. The van der Waals surface area contributed by atoms with E-state index in [1.165, 1.54) is 17.0 Å². The quantitative estimate of drug-likeness (QED) is 0.131. The molecule has 0 unspecified atom stereocenters. The number of benzene rings is 5. The number of para-hydroxylation sites is 1. The Morgan fingerprint density at radius 3 is 1.80 bits per heavy atom. The van der Waals surface area contributed by atoms with Gasteiger partial charge in [-0.1, -0.05) is 96.1 Å². The van der Waals surface area contributed by atoms with Crippen molar-refractivity contribution >= 4 is 27.5 Å². The lowest BCUT2D eigenvalue weighted by Gasteiger charge is -2.34. The van der Waals surface area contributed by atoms with Crippen LogP contribution in [0.15, 0.2) is 138 Å². The molecule has 0 spiro atoms. The van der Waals surface area contributed by atoms with Gasteiger partial charge in [0.05, 0.1) is 10.6 Å². The fourth-order valence-electron chi connectivity index (χ4n) is 5.50. The molecule has 1 N–H and O–H groups in total. The first kappa shape index (κ1) is 35.9. The van der Waals surface area contributed by atoms with Crippen molar-refractivity contribution in [3.05, 3.63) is 156 Å². The maximum Gasteiger partial charge on any atom is 0.264 e. The Morgan fingerprint density at radius 2 is 1.22 bits per heavy atom. The van der Waals surface area contributed by atoms with Gasteiger partial charge in [-0.3, -0.25) is 13.9 Å². The number of hydrogen-bond acceptors (Lipinski definition) is 5. The highest BCUT2D eigenvalue weighted by molar-refractivity contribution is 7.92. The van der Waals surface area contributed by atoms with Gasteiger partial charge in [-0.05, 0) is 87.4 Å². The number of hydrogen-bond donors (Lipinski definition) is 1. The molecule has 8 nitrogen and oxygen atoms in total. The van der Waals surface area contributed by atoms with Crippen molar-refractivity contribution in [1.82, 2.24) is 10.2 Å². The summed E-state index contributed by atoms with van der Waals surface area (Å²) in [6, 6.07) is 38.5. The summed E-state index contributed by atoms with van der Waals surface area (Å²) >= 11 is 0. The number of sulfonamides is 1. The van der Waals surface area contributed by atoms with Crippen LogP contribution in [0.3, 0.4) is 0 Å². The highest BCUT2D eigenvalue weighted by atomic mass is 32.2. The van der Waals surface area contributed by atoms with Gasteiger partial charge < -0.3 is 15.0 Å². The van der Waals surface area contributed by atoms with Gasteiger partial charge in [0.15, 0.2) is 0 Å². The van der Waals surface area contributed by atoms with E-state index in [2.05, 4.69) is 5.32 Å². The number of ether oxygens (including phenoxy) is 1. The Labute approximate surface area is 295 Å². The molecule has 9 heteroatoms. The topological polar surface area (TPSA) is 96.0 Å². The van der Waals surface area contributed by atoms with Crippen LogP contribution in [0.25, 0.3) is 0 Å². The molecule has 5 aromatic carbocycles. The lowest BCUT2D eigenvalue weighted by atomic mass is 10.0.